The van der Waals surface area contributed by atoms with Crippen LogP contribution >= 0.6 is 0 Å². The second kappa shape index (κ2) is 13.4. The van der Waals surface area contributed by atoms with E-state index >= 15 is 0 Å². The molecule has 40 heavy (non-hydrogen) atoms. The molecule has 0 saturated heterocycles. The molecule has 5 aromatic rings. The third-order valence-electron chi connectivity index (χ3n) is 6.51. The summed E-state index contributed by atoms with van der Waals surface area (Å²) in [5, 5.41) is 22.2. The van der Waals surface area contributed by atoms with Crippen LogP contribution in [0.25, 0.3) is 0 Å². The summed E-state index contributed by atoms with van der Waals surface area (Å²) >= 11 is 0. The van der Waals surface area contributed by atoms with Crippen molar-refractivity contribution in [1.82, 2.24) is 29.7 Å². The van der Waals surface area contributed by atoms with Gasteiger partial charge in [-0.2, -0.15) is 0 Å². The van der Waals surface area contributed by atoms with Crippen LogP contribution in [0.15, 0.2) is 110 Å². The Balaban J connectivity index is 1.36. The van der Waals surface area contributed by atoms with E-state index in [0.29, 0.717) is 50.4 Å². The van der Waals surface area contributed by atoms with Gasteiger partial charge in [0.25, 0.3) is 0 Å². The number of hydrogen-bond donors (Lipinski definition) is 2. The van der Waals surface area contributed by atoms with Gasteiger partial charge in [0.1, 0.15) is 11.5 Å². The van der Waals surface area contributed by atoms with Gasteiger partial charge < -0.3 is 10.2 Å². The quantitative estimate of drug-likeness (QED) is 0.215. The molecule has 0 amide bonds. The van der Waals surface area contributed by atoms with Crippen LogP contribution in [0.4, 0.5) is 0 Å². The van der Waals surface area contributed by atoms with Crippen molar-refractivity contribution in [1.29, 1.82) is 0 Å². The number of aromatic hydroxyl groups is 2. The van der Waals surface area contributed by atoms with E-state index in [1.54, 1.807) is 36.9 Å². The molecule has 1 aromatic carbocycles. The fourth-order valence-corrected chi connectivity index (χ4v) is 4.62. The number of benzene rings is 1. The molecule has 0 bridgehead atoms. The predicted octanol–water partition coefficient (Wildman–Crippen LogP) is 5.08. The fraction of sp³-hybridized carbons (Fsp3) is 0.188. The molecule has 0 atom stereocenters. The number of hydrogen-bond acceptors (Lipinski definition) is 8. The first-order valence-electron chi connectivity index (χ1n) is 13.2. The molecule has 4 heterocycles. The van der Waals surface area contributed by atoms with Crippen LogP contribution in [0, 0.1) is 0 Å². The Hall–Kier alpha value is -4.66. The van der Waals surface area contributed by atoms with Crippen LogP contribution in [0.5, 0.6) is 11.5 Å². The van der Waals surface area contributed by atoms with Crippen molar-refractivity contribution in [2.24, 2.45) is 0 Å². The highest BCUT2D eigenvalue weighted by atomic mass is 16.3. The van der Waals surface area contributed by atoms with Gasteiger partial charge in [-0.3, -0.25) is 29.7 Å². The van der Waals surface area contributed by atoms with Crippen molar-refractivity contribution in [2.45, 2.75) is 39.3 Å². The van der Waals surface area contributed by atoms with E-state index in [9.17, 15) is 10.2 Å². The van der Waals surface area contributed by atoms with E-state index in [4.69, 9.17) is 0 Å². The van der Waals surface area contributed by atoms with Crippen LogP contribution < -0.4 is 0 Å². The lowest BCUT2D eigenvalue weighted by Crippen LogP contribution is -2.24. The average molecular weight is 533 g/mol. The summed E-state index contributed by atoms with van der Waals surface area (Å²) in [5.74, 6) is 0.269. The molecule has 4 aromatic heterocycles. The minimum atomic E-state index is 0.135. The summed E-state index contributed by atoms with van der Waals surface area (Å²) in [5.41, 5.74) is 4.93. The van der Waals surface area contributed by atoms with Gasteiger partial charge >= 0.3 is 0 Å². The Morgan fingerprint density at radius 3 is 0.975 bits per heavy atom. The fourth-order valence-electron chi connectivity index (χ4n) is 4.62. The first-order chi connectivity index (χ1) is 19.6. The lowest BCUT2D eigenvalue weighted by atomic mass is 10.1. The maximum absolute atomic E-state index is 11.1. The second-order valence-corrected chi connectivity index (χ2v) is 9.68. The summed E-state index contributed by atoms with van der Waals surface area (Å²) in [6.07, 6.45) is 7.09. The summed E-state index contributed by atoms with van der Waals surface area (Å²) in [6, 6.07) is 26.6. The molecule has 0 spiro atoms. The molecule has 202 valence electrons. The SMILES string of the molecule is Oc1cc(CN(Cc2ccccn2)Cc2ccccn2)c(O)cc1CN(Cc1ccccn1)Cc1ccccn1. The maximum atomic E-state index is 11.1. The monoisotopic (exact) mass is 532 g/mol. The van der Waals surface area contributed by atoms with Gasteiger partial charge in [-0.1, -0.05) is 24.3 Å². The van der Waals surface area contributed by atoms with E-state index in [1.807, 2.05) is 72.8 Å². The summed E-state index contributed by atoms with van der Waals surface area (Å²) in [6.45, 7) is 3.11. The minimum absolute atomic E-state index is 0.135. The van der Waals surface area contributed by atoms with Crippen molar-refractivity contribution in [2.75, 3.05) is 0 Å². The Labute approximate surface area is 234 Å². The van der Waals surface area contributed by atoms with Crippen LogP contribution in [0.1, 0.15) is 33.9 Å². The predicted molar refractivity (Wildman–Crippen MR) is 153 cm³/mol. The average Bonchev–Trinajstić information content (AvgIpc) is 2.98. The number of phenolic OH excluding ortho intramolecular Hbond substituents is 2. The highest BCUT2D eigenvalue weighted by Gasteiger charge is 2.17. The first kappa shape index (κ1) is 26.9. The van der Waals surface area contributed by atoms with Crippen LogP contribution in [0.3, 0.4) is 0 Å². The molecule has 0 unspecified atom stereocenters. The third-order valence-corrected chi connectivity index (χ3v) is 6.51. The van der Waals surface area contributed by atoms with Crippen molar-refractivity contribution in [3.05, 3.63) is 144 Å². The largest absolute Gasteiger partial charge is 0.508 e. The molecule has 0 aliphatic carbocycles. The van der Waals surface area contributed by atoms with E-state index in [0.717, 1.165) is 22.8 Å². The van der Waals surface area contributed by atoms with Crippen molar-refractivity contribution in [3.8, 4) is 11.5 Å². The Morgan fingerprint density at radius 1 is 0.425 bits per heavy atom. The summed E-state index contributed by atoms with van der Waals surface area (Å²) in [4.78, 5) is 22.2. The highest BCUT2D eigenvalue weighted by Crippen LogP contribution is 2.30. The van der Waals surface area contributed by atoms with Crippen LogP contribution in [-0.4, -0.2) is 39.9 Å². The second-order valence-electron chi connectivity index (χ2n) is 9.68. The van der Waals surface area contributed by atoms with Gasteiger partial charge in [0.15, 0.2) is 0 Å². The molecule has 0 fully saturated rings. The first-order valence-corrected chi connectivity index (χ1v) is 13.2. The lowest BCUT2D eigenvalue weighted by Gasteiger charge is -2.24. The molecular formula is C32H32N6O2. The molecule has 2 N–H and O–H groups in total. The molecule has 5 rings (SSSR count). The van der Waals surface area contributed by atoms with Gasteiger partial charge in [0, 0.05) is 75.2 Å². The Morgan fingerprint density at radius 2 is 0.725 bits per heavy atom. The van der Waals surface area contributed by atoms with Crippen molar-refractivity contribution in [3.63, 3.8) is 0 Å². The normalized spacial score (nSPS) is 11.2. The Kier molecular flexibility index (Phi) is 9.03. The number of phenols is 2. The number of rotatable bonds is 12. The lowest BCUT2D eigenvalue weighted by molar-refractivity contribution is 0.234. The van der Waals surface area contributed by atoms with E-state index < -0.39 is 0 Å². The van der Waals surface area contributed by atoms with Gasteiger partial charge in [-0.25, -0.2) is 0 Å². The zero-order valence-electron chi connectivity index (χ0n) is 22.2. The zero-order chi connectivity index (χ0) is 27.6. The molecule has 0 saturated carbocycles. The number of pyridine rings is 4. The molecule has 0 aliphatic heterocycles. The van der Waals surface area contributed by atoms with Gasteiger partial charge in [0.05, 0.1) is 22.8 Å². The Bertz CT molecular complexity index is 1270. The molecule has 0 radical (unpaired) electrons. The van der Waals surface area contributed by atoms with Crippen LogP contribution in [0.2, 0.25) is 0 Å². The topological polar surface area (TPSA) is 98.5 Å². The molecule has 0 aliphatic rings. The third kappa shape index (κ3) is 7.69. The van der Waals surface area contributed by atoms with Gasteiger partial charge in [-0.15, -0.1) is 0 Å². The maximum Gasteiger partial charge on any atom is 0.120 e. The van der Waals surface area contributed by atoms with Crippen molar-refractivity contribution < 1.29 is 10.2 Å². The minimum Gasteiger partial charge on any atom is -0.508 e. The summed E-state index contributed by atoms with van der Waals surface area (Å²) < 4.78 is 0. The highest BCUT2D eigenvalue weighted by molar-refractivity contribution is 5.45. The van der Waals surface area contributed by atoms with Gasteiger partial charge in [0.2, 0.25) is 0 Å². The summed E-state index contributed by atoms with van der Waals surface area (Å²) in [7, 11) is 0. The van der Waals surface area contributed by atoms with E-state index in [1.165, 1.54) is 0 Å². The molecule has 8 nitrogen and oxygen atoms in total. The van der Waals surface area contributed by atoms with Crippen molar-refractivity contribution >= 4 is 0 Å². The van der Waals surface area contributed by atoms with E-state index in [-0.39, 0.29) is 11.5 Å². The van der Waals surface area contributed by atoms with Crippen LogP contribution in [-0.2, 0) is 39.3 Å². The van der Waals surface area contributed by atoms with E-state index in [2.05, 4.69) is 29.7 Å². The number of aromatic nitrogens is 4. The standard InChI is InChI=1S/C32H32N6O2/c39-31-18-26(20-38(23-29-11-3-7-15-35-29)24-30-12-4-8-16-36-30)32(40)17-25(31)19-37(21-27-9-1-5-13-33-27)22-28-10-2-6-14-34-28/h1-18,39-40H,19-24H2. The molecular weight excluding hydrogens is 500 g/mol. The number of nitrogens with zero attached hydrogens (tertiary/aromatic N) is 6. The smallest absolute Gasteiger partial charge is 0.120 e. The molecule has 8 heteroatoms. The van der Waals surface area contributed by atoms with Gasteiger partial charge in [-0.05, 0) is 60.7 Å². The zero-order valence-corrected chi connectivity index (χ0v) is 22.2.